The van der Waals surface area contributed by atoms with Gasteiger partial charge in [-0.2, -0.15) is 0 Å². The molecule has 0 spiro atoms. The maximum Gasteiger partial charge on any atom is 0.338 e. The van der Waals surface area contributed by atoms with Gasteiger partial charge in [-0.1, -0.05) is 25.1 Å². The second-order valence-corrected chi connectivity index (χ2v) is 4.36. The predicted octanol–water partition coefficient (Wildman–Crippen LogP) is 2.65. The van der Waals surface area contributed by atoms with Crippen molar-refractivity contribution in [1.82, 2.24) is 5.32 Å². The zero-order valence-electron chi connectivity index (χ0n) is 10.5. The van der Waals surface area contributed by atoms with Gasteiger partial charge in [0.1, 0.15) is 6.61 Å². The van der Waals surface area contributed by atoms with E-state index >= 15 is 0 Å². The lowest BCUT2D eigenvalue weighted by Crippen LogP contribution is -2.43. The van der Waals surface area contributed by atoms with Crippen LogP contribution >= 0.6 is 12.4 Å². The molecule has 1 aromatic rings. The molecule has 3 nitrogen and oxygen atoms in total. The Morgan fingerprint density at radius 3 is 2.41 bits per heavy atom. The lowest BCUT2D eigenvalue weighted by molar-refractivity contribution is 0.0402. The second kappa shape index (κ2) is 7.30. The van der Waals surface area contributed by atoms with Crippen LogP contribution < -0.4 is 5.32 Å². The molecule has 1 aromatic carbocycles. The van der Waals surface area contributed by atoms with E-state index in [1.807, 2.05) is 39.0 Å². The molecule has 0 amide bonds. The maximum absolute atomic E-state index is 11.6. The highest BCUT2D eigenvalue weighted by molar-refractivity contribution is 5.89. The highest BCUT2D eigenvalue weighted by Gasteiger charge is 2.18. The Hall–Kier alpha value is -1.06. The van der Waals surface area contributed by atoms with Crippen molar-refractivity contribution in [3.05, 3.63) is 35.9 Å². The van der Waals surface area contributed by atoms with Gasteiger partial charge in [-0.25, -0.2) is 4.79 Å². The van der Waals surface area contributed by atoms with Crippen LogP contribution in [0.5, 0.6) is 0 Å². The zero-order valence-corrected chi connectivity index (χ0v) is 11.3. The Balaban J connectivity index is 0.00000256. The summed E-state index contributed by atoms with van der Waals surface area (Å²) < 4.78 is 5.24. The summed E-state index contributed by atoms with van der Waals surface area (Å²) in [5.41, 5.74) is 0.411. The van der Waals surface area contributed by atoms with Crippen molar-refractivity contribution in [2.75, 3.05) is 13.2 Å². The first kappa shape index (κ1) is 15.9. The Morgan fingerprint density at radius 1 is 1.29 bits per heavy atom. The highest BCUT2D eigenvalue weighted by Crippen LogP contribution is 2.06. The average Bonchev–Trinajstić information content (AvgIpc) is 2.27. The quantitative estimate of drug-likeness (QED) is 0.825. The van der Waals surface area contributed by atoms with Gasteiger partial charge in [-0.15, -0.1) is 12.4 Å². The van der Waals surface area contributed by atoms with E-state index in [4.69, 9.17) is 4.74 Å². The van der Waals surface area contributed by atoms with Crippen molar-refractivity contribution in [2.24, 2.45) is 0 Å². The molecule has 4 heteroatoms. The molecule has 1 N–H and O–H groups in total. The zero-order chi connectivity index (χ0) is 12.0. The molecule has 0 fully saturated rings. The van der Waals surface area contributed by atoms with Gasteiger partial charge in [0.05, 0.1) is 5.56 Å². The first-order valence-electron chi connectivity index (χ1n) is 5.52. The van der Waals surface area contributed by atoms with E-state index < -0.39 is 0 Å². The normalized spacial score (nSPS) is 10.5. The summed E-state index contributed by atoms with van der Waals surface area (Å²) in [6, 6.07) is 9.03. The van der Waals surface area contributed by atoms with E-state index in [-0.39, 0.29) is 23.9 Å². The minimum atomic E-state index is -0.272. The highest BCUT2D eigenvalue weighted by atomic mass is 35.5. The van der Waals surface area contributed by atoms with E-state index in [9.17, 15) is 4.79 Å². The summed E-state index contributed by atoms with van der Waals surface area (Å²) in [6.07, 6.45) is 0. The number of carbonyl (C=O) groups excluding carboxylic acids is 1. The van der Waals surface area contributed by atoms with Crippen molar-refractivity contribution in [3.8, 4) is 0 Å². The predicted molar refractivity (Wildman–Crippen MR) is 71.7 cm³/mol. The third-order valence-electron chi connectivity index (χ3n) is 2.23. The van der Waals surface area contributed by atoms with E-state index in [0.717, 1.165) is 6.54 Å². The van der Waals surface area contributed by atoms with Gasteiger partial charge in [0, 0.05) is 5.54 Å². The van der Waals surface area contributed by atoms with Crippen LogP contribution in [0, 0.1) is 0 Å². The summed E-state index contributed by atoms with van der Waals surface area (Å²) >= 11 is 0. The molecule has 0 heterocycles. The molecule has 0 saturated heterocycles. The van der Waals surface area contributed by atoms with Crippen LogP contribution in [0.25, 0.3) is 0 Å². The standard InChI is InChI=1S/C13H19NO2.ClH/c1-4-14-13(2,3)10-16-12(15)11-8-6-5-7-9-11;/h5-9,14H,4,10H2,1-3H3;1H. The number of carbonyl (C=O) groups is 1. The van der Waals surface area contributed by atoms with Crippen LogP contribution in [0.3, 0.4) is 0 Å². The van der Waals surface area contributed by atoms with Gasteiger partial charge in [0.2, 0.25) is 0 Å². The van der Waals surface area contributed by atoms with E-state index in [1.54, 1.807) is 12.1 Å². The van der Waals surface area contributed by atoms with Crippen LogP contribution in [0.2, 0.25) is 0 Å². The summed E-state index contributed by atoms with van der Waals surface area (Å²) in [5, 5.41) is 3.25. The molecule has 0 saturated carbocycles. The van der Waals surface area contributed by atoms with E-state index in [1.165, 1.54) is 0 Å². The molecule has 0 unspecified atom stereocenters. The minimum absolute atomic E-state index is 0. The summed E-state index contributed by atoms with van der Waals surface area (Å²) in [7, 11) is 0. The largest absolute Gasteiger partial charge is 0.460 e. The van der Waals surface area contributed by atoms with Crippen LogP contribution in [-0.4, -0.2) is 24.7 Å². The molecule has 17 heavy (non-hydrogen) atoms. The van der Waals surface area contributed by atoms with Crippen LogP contribution in [0.15, 0.2) is 30.3 Å². The average molecular weight is 258 g/mol. The first-order valence-corrected chi connectivity index (χ1v) is 5.52. The molecule has 0 aliphatic carbocycles. The maximum atomic E-state index is 11.6. The Bertz CT molecular complexity index is 339. The molecule has 0 bridgehead atoms. The van der Waals surface area contributed by atoms with E-state index in [2.05, 4.69) is 5.32 Å². The lowest BCUT2D eigenvalue weighted by atomic mass is 10.1. The first-order chi connectivity index (χ1) is 7.55. The summed E-state index contributed by atoms with van der Waals surface area (Å²) in [6.45, 7) is 7.27. The number of hydrogen-bond acceptors (Lipinski definition) is 3. The van der Waals surface area contributed by atoms with E-state index in [0.29, 0.717) is 12.2 Å². The number of nitrogens with one attached hydrogen (secondary N) is 1. The number of ether oxygens (including phenoxy) is 1. The van der Waals surface area contributed by atoms with Crippen molar-refractivity contribution in [2.45, 2.75) is 26.3 Å². The van der Waals surface area contributed by atoms with Gasteiger partial charge in [0.15, 0.2) is 0 Å². The fraction of sp³-hybridized carbons (Fsp3) is 0.462. The van der Waals surface area contributed by atoms with Crippen molar-refractivity contribution in [1.29, 1.82) is 0 Å². The molecule has 96 valence electrons. The SMILES string of the molecule is CCNC(C)(C)COC(=O)c1ccccc1.Cl. The van der Waals surface area contributed by atoms with Crippen molar-refractivity contribution in [3.63, 3.8) is 0 Å². The molecule has 0 aromatic heterocycles. The number of likely N-dealkylation sites (N-methyl/N-ethyl adjacent to an activating group) is 1. The molecule has 0 radical (unpaired) electrons. The Morgan fingerprint density at radius 2 is 1.88 bits per heavy atom. The Labute approximate surface area is 109 Å². The monoisotopic (exact) mass is 257 g/mol. The van der Waals surface area contributed by atoms with Crippen LogP contribution in [-0.2, 0) is 4.74 Å². The Kier molecular flexibility index (Phi) is 6.85. The van der Waals surface area contributed by atoms with Gasteiger partial charge in [-0.3, -0.25) is 0 Å². The number of esters is 1. The van der Waals surface area contributed by atoms with Gasteiger partial charge < -0.3 is 10.1 Å². The number of benzene rings is 1. The fourth-order valence-corrected chi connectivity index (χ4v) is 1.43. The van der Waals surface area contributed by atoms with Crippen LogP contribution in [0.4, 0.5) is 0 Å². The van der Waals surface area contributed by atoms with Crippen molar-refractivity contribution >= 4 is 18.4 Å². The summed E-state index contributed by atoms with van der Waals surface area (Å²) in [4.78, 5) is 11.6. The molecule has 0 aliphatic heterocycles. The van der Waals surface area contributed by atoms with Crippen LogP contribution in [0.1, 0.15) is 31.1 Å². The van der Waals surface area contributed by atoms with Gasteiger partial charge >= 0.3 is 5.97 Å². The third kappa shape index (κ3) is 5.71. The number of hydrogen-bond donors (Lipinski definition) is 1. The molecular formula is C13H20ClNO2. The second-order valence-electron chi connectivity index (χ2n) is 4.36. The number of halogens is 1. The smallest absolute Gasteiger partial charge is 0.338 e. The number of rotatable bonds is 5. The lowest BCUT2D eigenvalue weighted by Gasteiger charge is -2.24. The topological polar surface area (TPSA) is 38.3 Å². The minimum Gasteiger partial charge on any atom is -0.460 e. The van der Waals surface area contributed by atoms with Crippen molar-refractivity contribution < 1.29 is 9.53 Å². The van der Waals surface area contributed by atoms with Gasteiger partial charge in [0.25, 0.3) is 0 Å². The molecular weight excluding hydrogens is 238 g/mol. The molecule has 1 rings (SSSR count). The molecule has 0 atom stereocenters. The molecule has 0 aliphatic rings. The summed E-state index contributed by atoms with van der Waals surface area (Å²) in [5.74, 6) is -0.272. The fourth-order valence-electron chi connectivity index (χ4n) is 1.43. The van der Waals surface area contributed by atoms with Gasteiger partial charge in [-0.05, 0) is 32.5 Å². The third-order valence-corrected chi connectivity index (χ3v) is 2.23.